The Hall–Kier alpha value is -0.210. The van der Waals surface area contributed by atoms with Crippen LogP contribution in [0.5, 0.6) is 0 Å². The Balaban J connectivity index is 2.29. The number of hydrogen-bond donors (Lipinski definition) is 1. The lowest BCUT2D eigenvalue weighted by atomic mass is 10.2. The maximum Gasteiger partial charge on any atom is 0.251 e. The van der Waals surface area contributed by atoms with Crippen LogP contribution in [0.4, 0.5) is 0 Å². The van der Waals surface area contributed by atoms with E-state index in [1.54, 1.807) is 0 Å². The Morgan fingerprint density at radius 3 is 2.68 bits per heavy atom. The second-order valence-electron chi connectivity index (χ2n) is 4.61. The van der Waals surface area contributed by atoms with E-state index in [2.05, 4.69) is 35.5 Å². The van der Waals surface area contributed by atoms with E-state index in [0.29, 0.717) is 12.6 Å². The first-order valence-corrected chi connectivity index (χ1v) is 8.82. The fourth-order valence-corrected chi connectivity index (χ4v) is 3.80. The lowest BCUT2D eigenvalue weighted by molar-refractivity contribution is 0.268. The Morgan fingerprint density at radius 1 is 1.47 bits per heavy atom. The van der Waals surface area contributed by atoms with Gasteiger partial charge < -0.3 is 4.90 Å². The minimum absolute atomic E-state index is 0.164. The minimum atomic E-state index is -3.45. The van der Waals surface area contributed by atoms with Gasteiger partial charge in [0.1, 0.15) is 0 Å². The molecule has 0 fully saturated rings. The number of thiazole rings is 1. The van der Waals surface area contributed by atoms with Gasteiger partial charge in [-0.15, -0.1) is 0 Å². The third-order valence-electron chi connectivity index (χ3n) is 2.83. The molecule has 0 atom stereocenters. The fourth-order valence-electron chi connectivity index (χ4n) is 1.39. The third kappa shape index (κ3) is 5.74. The summed E-state index contributed by atoms with van der Waals surface area (Å²) >= 11 is 6.59. The third-order valence-corrected chi connectivity index (χ3v) is 5.87. The first-order chi connectivity index (χ1) is 8.83. The van der Waals surface area contributed by atoms with Gasteiger partial charge in [0, 0.05) is 12.6 Å². The molecular formula is C11H20ClN3O2S2. The lowest BCUT2D eigenvalue weighted by Gasteiger charge is -2.20. The summed E-state index contributed by atoms with van der Waals surface area (Å²) < 4.78 is 26.6. The Bertz CT molecular complexity index is 488. The summed E-state index contributed by atoms with van der Waals surface area (Å²) in [6.07, 6.45) is 3.05. The van der Waals surface area contributed by atoms with Crippen molar-refractivity contribution >= 4 is 33.0 Å². The van der Waals surface area contributed by atoms with Crippen LogP contribution in [0.1, 0.15) is 26.7 Å². The molecule has 1 aromatic heterocycles. The van der Waals surface area contributed by atoms with Crippen molar-refractivity contribution in [1.82, 2.24) is 14.6 Å². The largest absolute Gasteiger partial charge is 0.304 e. The molecule has 0 unspecified atom stereocenters. The molecule has 110 valence electrons. The SMILES string of the molecule is CC(C)N(C)CCCCNS(=O)(=O)c1cnc(Cl)s1. The molecule has 0 aliphatic heterocycles. The molecule has 0 aromatic carbocycles. The Kier molecular flexibility index (Phi) is 6.68. The number of aromatic nitrogens is 1. The van der Waals surface area contributed by atoms with Crippen LogP contribution in [0, 0.1) is 0 Å². The van der Waals surface area contributed by atoms with Crippen molar-refractivity contribution in [2.45, 2.75) is 36.9 Å². The van der Waals surface area contributed by atoms with E-state index < -0.39 is 10.0 Å². The van der Waals surface area contributed by atoms with Crippen LogP contribution >= 0.6 is 22.9 Å². The van der Waals surface area contributed by atoms with Gasteiger partial charge in [0.2, 0.25) is 0 Å². The van der Waals surface area contributed by atoms with Crippen molar-refractivity contribution in [2.24, 2.45) is 0 Å². The fraction of sp³-hybridized carbons (Fsp3) is 0.727. The summed E-state index contributed by atoms with van der Waals surface area (Å²) in [4.78, 5) is 5.96. The molecule has 0 saturated carbocycles. The highest BCUT2D eigenvalue weighted by atomic mass is 35.5. The van der Waals surface area contributed by atoms with Gasteiger partial charge in [0.25, 0.3) is 10.0 Å². The summed E-state index contributed by atoms with van der Waals surface area (Å²) in [5.41, 5.74) is 0. The van der Waals surface area contributed by atoms with Crippen molar-refractivity contribution in [2.75, 3.05) is 20.1 Å². The zero-order valence-electron chi connectivity index (χ0n) is 11.4. The highest BCUT2D eigenvalue weighted by molar-refractivity contribution is 7.91. The molecule has 1 aromatic rings. The van der Waals surface area contributed by atoms with E-state index in [9.17, 15) is 8.42 Å². The normalized spacial score (nSPS) is 12.5. The number of nitrogens with zero attached hydrogens (tertiary/aromatic N) is 2. The Labute approximate surface area is 124 Å². The second kappa shape index (κ2) is 7.54. The Morgan fingerprint density at radius 2 is 2.16 bits per heavy atom. The number of rotatable bonds is 8. The smallest absolute Gasteiger partial charge is 0.251 e. The van der Waals surface area contributed by atoms with Crippen LogP contribution < -0.4 is 4.72 Å². The molecule has 0 amide bonds. The van der Waals surface area contributed by atoms with E-state index in [4.69, 9.17) is 11.6 Å². The monoisotopic (exact) mass is 325 g/mol. The first-order valence-electron chi connectivity index (χ1n) is 6.14. The van der Waals surface area contributed by atoms with Gasteiger partial charge in [-0.3, -0.25) is 0 Å². The molecule has 1 N–H and O–H groups in total. The molecule has 1 heterocycles. The van der Waals surface area contributed by atoms with Crippen molar-refractivity contribution in [3.05, 3.63) is 10.7 Å². The molecular weight excluding hydrogens is 306 g/mol. The molecule has 0 saturated heterocycles. The van der Waals surface area contributed by atoms with Gasteiger partial charge in [-0.1, -0.05) is 22.9 Å². The summed E-state index contributed by atoms with van der Waals surface area (Å²) in [7, 11) is -1.38. The summed E-state index contributed by atoms with van der Waals surface area (Å²) in [5, 5.41) is 0. The van der Waals surface area contributed by atoms with E-state index >= 15 is 0 Å². The van der Waals surface area contributed by atoms with E-state index in [1.807, 2.05) is 0 Å². The molecule has 5 nitrogen and oxygen atoms in total. The molecule has 0 bridgehead atoms. The summed E-state index contributed by atoms with van der Waals surface area (Å²) in [5.74, 6) is 0. The lowest BCUT2D eigenvalue weighted by Crippen LogP contribution is -2.28. The van der Waals surface area contributed by atoms with Gasteiger partial charge in [-0.25, -0.2) is 18.1 Å². The topological polar surface area (TPSA) is 62.3 Å². The van der Waals surface area contributed by atoms with Crippen LogP contribution in [0.3, 0.4) is 0 Å². The van der Waals surface area contributed by atoms with Crippen molar-refractivity contribution in [3.63, 3.8) is 0 Å². The van der Waals surface area contributed by atoms with Crippen LogP contribution in [-0.2, 0) is 10.0 Å². The van der Waals surface area contributed by atoms with Gasteiger partial charge in [0.05, 0.1) is 6.20 Å². The summed E-state index contributed by atoms with van der Waals surface area (Å²) in [6, 6.07) is 0.510. The molecule has 0 aliphatic carbocycles. The number of halogens is 1. The van der Waals surface area contributed by atoms with Crippen LogP contribution in [0.2, 0.25) is 4.47 Å². The highest BCUT2D eigenvalue weighted by Gasteiger charge is 2.16. The standard InChI is InChI=1S/C11H20ClN3O2S2/c1-9(2)15(3)7-5-4-6-14-19(16,17)10-8-13-11(12)18-10/h8-9,14H,4-7H2,1-3H3. The molecule has 8 heteroatoms. The maximum absolute atomic E-state index is 11.8. The van der Waals surface area contributed by atoms with Crippen molar-refractivity contribution in [1.29, 1.82) is 0 Å². The molecule has 19 heavy (non-hydrogen) atoms. The number of nitrogens with one attached hydrogen (secondary N) is 1. The number of hydrogen-bond acceptors (Lipinski definition) is 5. The highest BCUT2D eigenvalue weighted by Crippen LogP contribution is 2.21. The quantitative estimate of drug-likeness (QED) is 0.744. The van der Waals surface area contributed by atoms with E-state index in [-0.39, 0.29) is 8.68 Å². The minimum Gasteiger partial charge on any atom is -0.304 e. The zero-order valence-corrected chi connectivity index (χ0v) is 13.8. The van der Waals surface area contributed by atoms with E-state index in [1.165, 1.54) is 6.20 Å². The maximum atomic E-state index is 11.8. The average Bonchev–Trinajstić information content (AvgIpc) is 2.75. The van der Waals surface area contributed by atoms with E-state index in [0.717, 1.165) is 30.7 Å². The van der Waals surface area contributed by atoms with Gasteiger partial charge in [-0.05, 0) is 40.3 Å². The predicted octanol–water partition coefficient (Wildman–Crippen LogP) is 2.20. The van der Waals surface area contributed by atoms with Gasteiger partial charge in [0.15, 0.2) is 8.68 Å². The molecule has 0 spiro atoms. The average molecular weight is 326 g/mol. The number of unbranched alkanes of at least 4 members (excludes halogenated alkanes) is 1. The second-order valence-corrected chi connectivity index (χ2v) is 8.22. The van der Waals surface area contributed by atoms with Crippen LogP contribution in [0.15, 0.2) is 10.4 Å². The molecule has 0 aliphatic rings. The number of sulfonamides is 1. The van der Waals surface area contributed by atoms with Gasteiger partial charge in [-0.2, -0.15) is 0 Å². The van der Waals surface area contributed by atoms with Crippen molar-refractivity contribution in [3.8, 4) is 0 Å². The zero-order chi connectivity index (χ0) is 14.5. The van der Waals surface area contributed by atoms with Gasteiger partial charge >= 0.3 is 0 Å². The molecule has 1 rings (SSSR count). The summed E-state index contributed by atoms with van der Waals surface area (Å²) in [6.45, 7) is 5.67. The van der Waals surface area contributed by atoms with Crippen LogP contribution in [-0.4, -0.2) is 44.5 Å². The predicted molar refractivity (Wildman–Crippen MR) is 79.3 cm³/mol. The molecule has 0 radical (unpaired) electrons. The van der Waals surface area contributed by atoms with Crippen LogP contribution in [0.25, 0.3) is 0 Å². The van der Waals surface area contributed by atoms with Crippen molar-refractivity contribution < 1.29 is 8.42 Å². The first kappa shape index (κ1) is 16.8.